The standard InChI is InChI=1S/C25H28N2O5/c1-2-3-4-5-9-12-22(28)26-18-13-14-19-20(16-18)24(30)27(23(19)29)21(25(31)32)15-17-10-7-6-8-11-17/h6-8,10-11,13-14,16,21H,2-5,9,12,15H2,1H3,(H,26,28)(H,31,32). The minimum absolute atomic E-state index is 0.0171. The van der Waals surface area contributed by atoms with Crippen LogP contribution in [0.3, 0.4) is 0 Å². The lowest BCUT2D eigenvalue weighted by Gasteiger charge is -2.22. The van der Waals surface area contributed by atoms with Gasteiger partial charge in [0.1, 0.15) is 6.04 Å². The molecule has 3 amide bonds. The lowest BCUT2D eigenvalue weighted by atomic mass is 10.0. The van der Waals surface area contributed by atoms with Crippen molar-refractivity contribution in [2.75, 3.05) is 5.32 Å². The van der Waals surface area contributed by atoms with Crippen LogP contribution in [0.25, 0.3) is 0 Å². The summed E-state index contributed by atoms with van der Waals surface area (Å²) in [5.41, 5.74) is 1.38. The molecule has 0 saturated heterocycles. The number of unbranched alkanes of at least 4 members (excludes halogenated alkanes) is 4. The van der Waals surface area contributed by atoms with E-state index in [1.54, 1.807) is 30.3 Å². The number of hydrogen-bond acceptors (Lipinski definition) is 4. The number of carbonyl (C=O) groups is 4. The number of fused-ring (bicyclic) bond motifs is 1. The van der Waals surface area contributed by atoms with Crippen LogP contribution in [0, 0.1) is 0 Å². The Morgan fingerprint density at radius 1 is 0.938 bits per heavy atom. The van der Waals surface area contributed by atoms with Crippen molar-refractivity contribution in [3.63, 3.8) is 0 Å². The van der Waals surface area contributed by atoms with Crippen molar-refractivity contribution in [2.24, 2.45) is 0 Å². The zero-order chi connectivity index (χ0) is 23.1. The normalized spacial score (nSPS) is 13.7. The summed E-state index contributed by atoms with van der Waals surface area (Å²) in [7, 11) is 0. The van der Waals surface area contributed by atoms with Crippen molar-refractivity contribution in [3.05, 3.63) is 65.2 Å². The Morgan fingerprint density at radius 2 is 1.62 bits per heavy atom. The number of hydrogen-bond donors (Lipinski definition) is 2. The molecule has 2 N–H and O–H groups in total. The second-order valence-corrected chi connectivity index (χ2v) is 8.00. The number of carboxylic acids is 1. The number of benzene rings is 2. The highest BCUT2D eigenvalue weighted by Crippen LogP contribution is 2.29. The van der Waals surface area contributed by atoms with Gasteiger partial charge in [-0.2, -0.15) is 0 Å². The van der Waals surface area contributed by atoms with E-state index in [0.717, 1.165) is 37.0 Å². The molecule has 7 heteroatoms. The zero-order valence-corrected chi connectivity index (χ0v) is 18.2. The lowest BCUT2D eigenvalue weighted by molar-refractivity contribution is -0.141. The minimum Gasteiger partial charge on any atom is -0.480 e. The maximum absolute atomic E-state index is 13.0. The number of nitrogens with one attached hydrogen (secondary N) is 1. The van der Waals surface area contributed by atoms with E-state index in [9.17, 15) is 24.3 Å². The van der Waals surface area contributed by atoms with Gasteiger partial charge < -0.3 is 10.4 Å². The molecule has 2 aromatic rings. The molecule has 1 aliphatic rings. The lowest BCUT2D eigenvalue weighted by Crippen LogP contribution is -2.46. The molecule has 0 fully saturated rings. The van der Waals surface area contributed by atoms with Crippen LogP contribution in [0.15, 0.2) is 48.5 Å². The molecule has 0 bridgehead atoms. The van der Waals surface area contributed by atoms with E-state index >= 15 is 0 Å². The quantitative estimate of drug-likeness (QED) is 0.404. The Labute approximate surface area is 187 Å². The maximum atomic E-state index is 13.0. The molecule has 0 saturated carbocycles. The Balaban J connectivity index is 1.71. The van der Waals surface area contributed by atoms with E-state index in [2.05, 4.69) is 12.2 Å². The zero-order valence-electron chi connectivity index (χ0n) is 18.2. The van der Waals surface area contributed by atoms with Gasteiger partial charge in [-0.05, 0) is 30.2 Å². The highest BCUT2D eigenvalue weighted by molar-refractivity contribution is 6.23. The summed E-state index contributed by atoms with van der Waals surface area (Å²) in [4.78, 5) is 50.8. The molecule has 7 nitrogen and oxygen atoms in total. The first-order chi connectivity index (χ1) is 15.4. The van der Waals surface area contributed by atoms with Gasteiger partial charge in [0, 0.05) is 18.5 Å². The van der Waals surface area contributed by atoms with Gasteiger partial charge in [0.15, 0.2) is 0 Å². The van der Waals surface area contributed by atoms with Crippen molar-refractivity contribution in [1.82, 2.24) is 4.90 Å². The smallest absolute Gasteiger partial charge is 0.327 e. The van der Waals surface area contributed by atoms with Gasteiger partial charge in [0.25, 0.3) is 11.8 Å². The van der Waals surface area contributed by atoms with E-state index < -0.39 is 23.8 Å². The molecule has 32 heavy (non-hydrogen) atoms. The number of amides is 3. The first-order valence-corrected chi connectivity index (χ1v) is 11.0. The molecule has 2 aromatic carbocycles. The van der Waals surface area contributed by atoms with Crippen molar-refractivity contribution in [1.29, 1.82) is 0 Å². The number of imide groups is 1. The fourth-order valence-corrected chi connectivity index (χ4v) is 3.86. The minimum atomic E-state index is -1.31. The molecular formula is C25H28N2O5. The van der Waals surface area contributed by atoms with E-state index in [1.165, 1.54) is 12.1 Å². The molecule has 3 rings (SSSR count). The van der Waals surface area contributed by atoms with E-state index in [4.69, 9.17) is 0 Å². The van der Waals surface area contributed by atoms with Crippen LogP contribution in [-0.4, -0.2) is 39.7 Å². The highest BCUT2D eigenvalue weighted by atomic mass is 16.4. The van der Waals surface area contributed by atoms with Crippen molar-refractivity contribution < 1.29 is 24.3 Å². The third kappa shape index (κ3) is 5.41. The van der Waals surface area contributed by atoms with Gasteiger partial charge in [-0.25, -0.2) is 4.79 Å². The van der Waals surface area contributed by atoms with Gasteiger partial charge in [-0.1, -0.05) is 62.9 Å². The number of carboxylic acid groups (broad SMARTS) is 1. The second kappa shape index (κ2) is 10.7. The average Bonchev–Trinajstić information content (AvgIpc) is 3.02. The summed E-state index contributed by atoms with van der Waals surface area (Å²) in [5, 5.41) is 12.5. The van der Waals surface area contributed by atoms with Crippen LogP contribution in [0.4, 0.5) is 5.69 Å². The summed E-state index contributed by atoms with van der Waals surface area (Å²) in [6.07, 6.45) is 5.58. The second-order valence-electron chi connectivity index (χ2n) is 8.00. The summed E-state index contributed by atoms with van der Waals surface area (Å²) in [6, 6.07) is 12.0. The molecule has 1 unspecified atom stereocenters. The van der Waals surface area contributed by atoms with Crippen molar-refractivity contribution in [2.45, 2.75) is 57.9 Å². The highest BCUT2D eigenvalue weighted by Gasteiger charge is 2.43. The molecule has 0 aromatic heterocycles. The van der Waals surface area contributed by atoms with Crippen molar-refractivity contribution >= 4 is 29.4 Å². The fraction of sp³-hybridized carbons (Fsp3) is 0.360. The van der Waals surface area contributed by atoms with Gasteiger partial charge >= 0.3 is 5.97 Å². The van der Waals surface area contributed by atoms with Gasteiger partial charge in [0.2, 0.25) is 5.91 Å². The first kappa shape index (κ1) is 23.2. The van der Waals surface area contributed by atoms with E-state index in [-0.39, 0.29) is 23.5 Å². The number of aliphatic carboxylic acids is 1. The van der Waals surface area contributed by atoms with E-state index in [0.29, 0.717) is 17.7 Å². The Kier molecular flexibility index (Phi) is 7.76. The number of anilines is 1. The van der Waals surface area contributed by atoms with Crippen LogP contribution in [0.2, 0.25) is 0 Å². The van der Waals surface area contributed by atoms with Crippen LogP contribution >= 0.6 is 0 Å². The largest absolute Gasteiger partial charge is 0.480 e. The first-order valence-electron chi connectivity index (χ1n) is 11.0. The molecule has 0 spiro atoms. The summed E-state index contributed by atoms with van der Waals surface area (Å²) < 4.78 is 0. The predicted octanol–water partition coefficient (Wildman–Crippen LogP) is 4.28. The number of rotatable bonds is 11. The average molecular weight is 437 g/mol. The molecule has 0 aliphatic carbocycles. The fourth-order valence-electron chi connectivity index (χ4n) is 3.86. The Hall–Kier alpha value is -3.48. The predicted molar refractivity (Wildman–Crippen MR) is 121 cm³/mol. The van der Waals surface area contributed by atoms with Crippen LogP contribution < -0.4 is 5.32 Å². The van der Waals surface area contributed by atoms with Gasteiger partial charge in [-0.15, -0.1) is 0 Å². The molecule has 0 radical (unpaired) electrons. The molecule has 1 heterocycles. The maximum Gasteiger partial charge on any atom is 0.327 e. The number of nitrogens with zero attached hydrogens (tertiary/aromatic N) is 1. The van der Waals surface area contributed by atoms with Crippen LogP contribution in [0.1, 0.15) is 71.7 Å². The van der Waals surface area contributed by atoms with Crippen LogP contribution in [0.5, 0.6) is 0 Å². The number of carbonyl (C=O) groups excluding carboxylic acids is 3. The monoisotopic (exact) mass is 436 g/mol. The Bertz CT molecular complexity index is 1000. The summed E-state index contributed by atoms with van der Waals surface area (Å²) in [6.45, 7) is 2.13. The van der Waals surface area contributed by atoms with Crippen LogP contribution in [-0.2, 0) is 16.0 Å². The van der Waals surface area contributed by atoms with Gasteiger partial charge in [-0.3, -0.25) is 19.3 Å². The van der Waals surface area contributed by atoms with Gasteiger partial charge in [0.05, 0.1) is 11.1 Å². The molecule has 1 atom stereocenters. The third-order valence-corrected chi connectivity index (χ3v) is 5.58. The topological polar surface area (TPSA) is 104 Å². The summed E-state index contributed by atoms with van der Waals surface area (Å²) >= 11 is 0. The third-order valence-electron chi connectivity index (χ3n) is 5.58. The SMILES string of the molecule is CCCCCCCC(=O)Nc1ccc2c(c1)C(=O)N(C(Cc1ccccc1)C(=O)O)C2=O. The van der Waals surface area contributed by atoms with E-state index in [1.807, 2.05) is 6.07 Å². The Morgan fingerprint density at radius 3 is 2.31 bits per heavy atom. The molecular weight excluding hydrogens is 408 g/mol. The molecule has 1 aliphatic heterocycles. The molecule has 168 valence electrons. The van der Waals surface area contributed by atoms with Crippen molar-refractivity contribution in [3.8, 4) is 0 Å². The summed E-state index contributed by atoms with van der Waals surface area (Å²) in [5.74, 6) is -2.70.